The fourth-order valence-electron chi connectivity index (χ4n) is 4.39. The Morgan fingerprint density at radius 1 is 1.29 bits per heavy atom. The summed E-state index contributed by atoms with van der Waals surface area (Å²) >= 11 is 0. The SMILES string of the molecule is CC#CC(=O)N1CCC(c2nc(C3=CCC(Oc4ncccc4F)C=C3)n3c(N)nccc23)C1. The maximum Gasteiger partial charge on any atom is 0.298 e. The largest absolute Gasteiger partial charge is 0.468 e. The van der Waals surface area contributed by atoms with Gasteiger partial charge in [0.15, 0.2) is 5.82 Å². The zero-order valence-corrected chi connectivity index (χ0v) is 18.6. The van der Waals surface area contributed by atoms with Gasteiger partial charge < -0.3 is 15.4 Å². The molecular weight excluding hydrogens is 435 g/mol. The predicted octanol–water partition coefficient (Wildman–Crippen LogP) is 2.98. The topological polar surface area (TPSA) is 98.6 Å². The van der Waals surface area contributed by atoms with Gasteiger partial charge in [0.2, 0.25) is 5.95 Å². The molecule has 2 aliphatic rings. The molecule has 34 heavy (non-hydrogen) atoms. The van der Waals surface area contributed by atoms with Crippen molar-refractivity contribution in [3.63, 3.8) is 0 Å². The lowest BCUT2D eigenvalue weighted by atomic mass is 10.0. The number of carbonyl (C=O) groups excluding carboxylic acids is 1. The van der Waals surface area contributed by atoms with Crippen molar-refractivity contribution in [2.75, 3.05) is 18.8 Å². The molecule has 1 saturated heterocycles. The number of likely N-dealkylation sites (tertiary alicyclic amines) is 1. The molecule has 8 nitrogen and oxygen atoms in total. The normalized spacial score (nSPS) is 19.6. The Morgan fingerprint density at radius 2 is 2.18 bits per heavy atom. The van der Waals surface area contributed by atoms with Crippen LogP contribution in [0.4, 0.5) is 10.3 Å². The van der Waals surface area contributed by atoms with E-state index in [9.17, 15) is 9.18 Å². The third-order valence-electron chi connectivity index (χ3n) is 6.01. The van der Waals surface area contributed by atoms with Crippen LogP contribution < -0.4 is 10.5 Å². The molecule has 0 aromatic carbocycles. The quantitative estimate of drug-likeness (QED) is 0.604. The second kappa shape index (κ2) is 8.98. The molecule has 172 valence electrons. The second-order valence-electron chi connectivity index (χ2n) is 8.16. The molecule has 2 unspecified atom stereocenters. The predicted molar refractivity (Wildman–Crippen MR) is 125 cm³/mol. The third-order valence-corrected chi connectivity index (χ3v) is 6.01. The molecule has 1 amide bonds. The van der Waals surface area contributed by atoms with Gasteiger partial charge in [-0.05, 0) is 43.5 Å². The number of halogens is 1. The van der Waals surface area contributed by atoms with Gasteiger partial charge in [-0.15, -0.1) is 0 Å². The van der Waals surface area contributed by atoms with Crippen molar-refractivity contribution >= 4 is 22.9 Å². The minimum atomic E-state index is -0.498. The molecule has 3 aromatic heterocycles. The van der Waals surface area contributed by atoms with E-state index < -0.39 is 5.82 Å². The molecule has 2 atom stereocenters. The first-order valence-corrected chi connectivity index (χ1v) is 11.1. The van der Waals surface area contributed by atoms with Gasteiger partial charge in [0.1, 0.15) is 11.9 Å². The lowest BCUT2D eigenvalue weighted by Crippen LogP contribution is -2.26. The number of allylic oxidation sites excluding steroid dienone is 2. The number of hydrogen-bond acceptors (Lipinski definition) is 6. The Hall–Kier alpha value is -4.19. The average Bonchev–Trinajstić information content (AvgIpc) is 3.47. The number of nitrogen functional groups attached to an aromatic ring is 1. The Bertz CT molecular complexity index is 1380. The Labute approximate surface area is 196 Å². The number of aromatic nitrogens is 4. The van der Waals surface area contributed by atoms with Crippen LogP contribution in [0.3, 0.4) is 0 Å². The second-order valence-corrected chi connectivity index (χ2v) is 8.16. The van der Waals surface area contributed by atoms with Crippen LogP contribution in [0.25, 0.3) is 11.1 Å². The summed E-state index contributed by atoms with van der Waals surface area (Å²) in [5, 5.41) is 0. The van der Waals surface area contributed by atoms with Gasteiger partial charge in [0.25, 0.3) is 11.8 Å². The monoisotopic (exact) mass is 458 g/mol. The van der Waals surface area contributed by atoms with Crippen LogP contribution in [0.15, 0.2) is 48.8 Å². The molecule has 1 aliphatic heterocycles. The maximum atomic E-state index is 13.9. The number of ether oxygens (including phenoxy) is 1. The summed E-state index contributed by atoms with van der Waals surface area (Å²) < 4.78 is 21.4. The van der Waals surface area contributed by atoms with Crippen molar-refractivity contribution in [2.24, 2.45) is 0 Å². The molecule has 0 radical (unpaired) electrons. The van der Waals surface area contributed by atoms with Crippen LogP contribution in [0.5, 0.6) is 5.88 Å². The summed E-state index contributed by atoms with van der Waals surface area (Å²) in [6.45, 7) is 2.85. The first kappa shape index (κ1) is 21.6. The summed E-state index contributed by atoms with van der Waals surface area (Å²) in [6.07, 6.45) is 9.86. The van der Waals surface area contributed by atoms with Gasteiger partial charge in [-0.2, -0.15) is 0 Å². The van der Waals surface area contributed by atoms with Crippen LogP contribution in [0.1, 0.15) is 37.2 Å². The molecule has 4 heterocycles. The molecule has 9 heteroatoms. The third kappa shape index (κ3) is 3.99. The lowest BCUT2D eigenvalue weighted by molar-refractivity contribution is -0.124. The van der Waals surface area contributed by atoms with E-state index >= 15 is 0 Å². The summed E-state index contributed by atoms with van der Waals surface area (Å²) in [5.74, 6) is 5.67. The number of nitrogens with zero attached hydrogens (tertiary/aromatic N) is 5. The highest BCUT2D eigenvalue weighted by Crippen LogP contribution is 2.34. The number of pyridine rings is 1. The highest BCUT2D eigenvalue weighted by Gasteiger charge is 2.31. The number of hydrogen-bond donors (Lipinski definition) is 1. The summed E-state index contributed by atoms with van der Waals surface area (Å²) in [5.41, 5.74) is 8.85. The van der Waals surface area contributed by atoms with Crippen LogP contribution >= 0.6 is 0 Å². The standard InChI is InChI=1S/C25H23FN6O2/c1-2-4-21(33)31-14-11-17(15-31)22-20-10-13-29-25(27)32(20)23(30-22)16-6-8-18(9-7-16)34-24-19(26)5-3-12-28-24/h3,5-8,10,12-13,17-18H,9,11,14-15H2,1H3,(H2,27,29). The molecule has 0 bridgehead atoms. The van der Waals surface area contributed by atoms with E-state index in [2.05, 4.69) is 21.8 Å². The van der Waals surface area contributed by atoms with E-state index in [4.69, 9.17) is 15.5 Å². The Balaban J connectivity index is 1.42. The number of carbonyl (C=O) groups is 1. The van der Waals surface area contributed by atoms with Crippen molar-refractivity contribution < 1.29 is 13.9 Å². The van der Waals surface area contributed by atoms with Gasteiger partial charge in [-0.25, -0.2) is 19.3 Å². The molecule has 1 fully saturated rings. The van der Waals surface area contributed by atoms with Gasteiger partial charge in [0.05, 0.1) is 11.2 Å². The van der Waals surface area contributed by atoms with E-state index in [0.29, 0.717) is 31.3 Å². The van der Waals surface area contributed by atoms with Crippen LogP contribution in [-0.4, -0.2) is 49.4 Å². The molecular formula is C25H23FN6O2. The Kier molecular flexibility index (Phi) is 5.72. The lowest BCUT2D eigenvalue weighted by Gasteiger charge is -2.17. The summed E-state index contributed by atoms with van der Waals surface area (Å²) in [7, 11) is 0. The molecule has 0 saturated carbocycles. The van der Waals surface area contributed by atoms with E-state index in [1.807, 2.05) is 28.7 Å². The number of anilines is 1. The van der Waals surface area contributed by atoms with Crippen molar-refractivity contribution in [3.05, 3.63) is 66.2 Å². The first-order chi connectivity index (χ1) is 16.5. The number of imidazole rings is 1. The van der Waals surface area contributed by atoms with Crippen molar-refractivity contribution in [2.45, 2.75) is 31.8 Å². The van der Waals surface area contributed by atoms with Gasteiger partial charge in [-0.3, -0.25) is 9.20 Å². The fraction of sp³-hybridized carbons (Fsp3) is 0.280. The highest BCUT2D eigenvalue weighted by atomic mass is 19.1. The van der Waals surface area contributed by atoms with Crippen LogP contribution in [0.2, 0.25) is 0 Å². The summed E-state index contributed by atoms with van der Waals surface area (Å²) in [6, 6.07) is 4.73. The van der Waals surface area contributed by atoms with E-state index in [1.165, 1.54) is 18.3 Å². The fourth-order valence-corrected chi connectivity index (χ4v) is 4.39. The van der Waals surface area contributed by atoms with E-state index in [0.717, 1.165) is 23.2 Å². The molecule has 2 N–H and O–H groups in total. The Morgan fingerprint density at radius 3 is 2.94 bits per heavy atom. The first-order valence-electron chi connectivity index (χ1n) is 11.1. The molecule has 3 aromatic rings. The van der Waals surface area contributed by atoms with Gasteiger partial charge in [0, 0.05) is 43.4 Å². The van der Waals surface area contributed by atoms with Crippen molar-refractivity contribution in [1.29, 1.82) is 0 Å². The van der Waals surface area contributed by atoms with E-state index in [1.54, 1.807) is 18.0 Å². The molecule has 5 rings (SSSR count). The minimum absolute atomic E-state index is 0.0240. The average molecular weight is 458 g/mol. The smallest absolute Gasteiger partial charge is 0.298 e. The van der Waals surface area contributed by atoms with Crippen molar-refractivity contribution in [1.82, 2.24) is 24.3 Å². The molecule has 1 aliphatic carbocycles. The van der Waals surface area contributed by atoms with Gasteiger partial charge >= 0.3 is 0 Å². The zero-order chi connectivity index (χ0) is 23.7. The number of nitrogens with two attached hydrogens (primary N) is 1. The van der Waals surface area contributed by atoms with Crippen LogP contribution in [0, 0.1) is 17.7 Å². The van der Waals surface area contributed by atoms with E-state index in [-0.39, 0.29) is 23.8 Å². The van der Waals surface area contributed by atoms with Crippen LogP contribution in [-0.2, 0) is 4.79 Å². The zero-order valence-electron chi connectivity index (χ0n) is 18.6. The van der Waals surface area contributed by atoms with Gasteiger partial charge in [-0.1, -0.05) is 18.1 Å². The maximum absolute atomic E-state index is 13.9. The number of rotatable bonds is 4. The number of fused-ring (bicyclic) bond motifs is 1. The highest BCUT2D eigenvalue weighted by molar-refractivity contribution is 5.93. The number of amides is 1. The van der Waals surface area contributed by atoms with Crippen molar-refractivity contribution in [3.8, 4) is 17.7 Å². The molecule has 0 spiro atoms. The minimum Gasteiger partial charge on any atom is -0.468 e. The summed E-state index contributed by atoms with van der Waals surface area (Å²) in [4.78, 5) is 27.1.